The molecule has 0 radical (unpaired) electrons. The second kappa shape index (κ2) is 5.40. The molecule has 0 amide bonds. The summed E-state index contributed by atoms with van der Waals surface area (Å²) in [4.78, 5) is 22.5. The molecule has 1 saturated heterocycles. The zero-order valence-corrected chi connectivity index (χ0v) is 10.6. The van der Waals surface area contributed by atoms with Crippen molar-refractivity contribution in [3.63, 3.8) is 0 Å². The first-order valence-electron chi connectivity index (χ1n) is 5.93. The molecule has 1 fully saturated rings. The Balaban J connectivity index is 2.42. The molecule has 0 aromatic heterocycles. The highest BCUT2D eigenvalue weighted by atomic mass is 19.1. The van der Waals surface area contributed by atoms with E-state index in [9.17, 15) is 23.7 Å². The van der Waals surface area contributed by atoms with Crippen LogP contribution >= 0.6 is 0 Å². The van der Waals surface area contributed by atoms with E-state index in [0.29, 0.717) is 25.0 Å². The average molecular weight is 286 g/mol. The second-order valence-corrected chi connectivity index (χ2v) is 4.39. The molecule has 1 aliphatic heterocycles. The summed E-state index contributed by atoms with van der Waals surface area (Å²) in [5, 5.41) is 10.5. The van der Waals surface area contributed by atoms with Gasteiger partial charge in [0, 0.05) is 6.54 Å². The first-order chi connectivity index (χ1) is 9.45. The molecular formula is C12H12F2N2O4. The van der Waals surface area contributed by atoms with E-state index in [0.717, 1.165) is 0 Å². The number of carbonyl (C=O) groups excluding carboxylic acids is 1. The van der Waals surface area contributed by atoms with Crippen LogP contribution in [0.1, 0.15) is 12.8 Å². The lowest BCUT2D eigenvalue weighted by Crippen LogP contribution is -2.38. The molecule has 0 N–H and O–H groups in total. The van der Waals surface area contributed by atoms with Crippen molar-refractivity contribution in [1.82, 2.24) is 0 Å². The summed E-state index contributed by atoms with van der Waals surface area (Å²) < 4.78 is 32.4. The van der Waals surface area contributed by atoms with Gasteiger partial charge in [0.1, 0.15) is 11.7 Å². The third kappa shape index (κ3) is 2.40. The Labute approximate surface area is 113 Å². The number of hydrogen-bond acceptors (Lipinski definition) is 5. The molecule has 0 spiro atoms. The molecule has 2 rings (SSSR count). The minimum absolute atomic E-state index is 0.283. The fourth-order valence-electron chi connectivity index (χ4n) is 2.35. The summed E-state index contributed by atoms with van der Waals surface area (Å²) in [6.07, 6.45) is 0.998. The van der Waals surface area contributed by atoms with Gasteiger partial charge in [0.25, 0.3) is 5.69 Å². The van der Waals surface area contributed by atoms with Crippen LogP contribution in [-0.2, 0) is 9.53 Å². The highest BCUT2D eigenvalue weighted by Gasteiger charge is 2.35. The lowest BCUT2D eigenvalue weighted by Gasteiger charge is -2.25. The first-order valence-corrected chi connectivity index (χ1v) is 5.93. The summed E-state index contributed by atoms with van der Waals surface area (Å²) in [5.74, 6) is -2.71. The highest BCUT2D eigenvalue weighted by molar-refractivity contribution is 5.81. The molecule has 0 bridgehead atoms. The van der Waals surface area contributed by atoms with E-state index in [1.54, 1.807) is 0 Å². The van der Waals surface area contributed by atoms with Gasteiger partial charge >= 0.3 is 5.97 Å². The number of benzene rings is 1. The van der Waals surface area contributed by atoms with Crippen molar-refractivity contribution in [2.75, 3.05) is 18.6 Å². The van der Waals surface area contributed by atoms with E-state index in [4.69, 9.17) is 0 Å². The standard InChI is InChI=1S/C12H12F2N2O4/c1-20-12(17)10-3-2-4-15(10)11-8(13)5-7(16(18)19)6-9(11)14/h5-6,10H,2-4H2,1H3. The van der Waals surface area contributed by atoms with Crippen molar-refractivity contribution in [3.05, 3.63) is 33.9 Å². The first kappa shape index (κ1) is 14.2. The molecule has 8 heteroatoms. The third-order valence-electron chi connectivity index (χ3n) is 3.23. The summed E-state index contributed by atoms with van der Waals surface area (Å²) in [7, 11) is 1.20. The Hall–Kier alpha value is -2.25. The Morgan fingerprint density at radius 1 is 1.45 bits per heavy atom. The van der Waals surface area contributed by atoms with Crippen LogP contribution in [-0.4, -0.2) is 30.6 Å². The van der Waals surface area contributed by atoms with Crippen LogP contribution in [0.25, 0.3) is 0 Å². The quantitative estimate of drug-likeness (QED) is 0.483. The van der Waals surface area contributed by atoms with E-state index >= 15 is 0 Å². The van der Waals surface area contributed by atoms with Crippen LogP contribution in [0.3, 0.4) is 0 Å². The van der Waals surface area contributed by atoms with Gasteiger partial charge in [0.15, 0.2) is 11.6 Å². The largest absolute Gasteiger partial charge is 0.467 e. The number of nitro groups is 1. The Morgan fingerprint density at radius 2 is 2.05 bits per heavy atom. The van der Waals surface area contributed by atoms with E-state index < -0.39 is 39.9 Å². The Kier molecular flexibility index (Phi) is 3.82. The third-order valence-corrected chi connectivity index (χ3v) is 3.23. The van der Waals surface area contributed by atoms with Crippen LogP contribution in [0.4, 0.5) is 20.2 Å². The number of esters is 1. The van der Waals surface area contributed by atoms with Crippen LogP contribution in [0.15, 0.2) is 12.1 Å². The highest BCUT2D eigenvalue weighted by Crippen LogP contribution is 2.33. The van der Waals surface area contributed by atoms with Gasteiger partial charge in [-0.2, -0.15) is 0 Å². The van der Waals surface area contributed by atoms with Crippen LogP contribution in [0.2, 0.25) is 0 Å². The number of halogens is 2. The molecule has 6 nitrogen and oxygen atoms in total. The number of nitrogens with zero attached hydrogens (tertiary/aromatic N) is 2. The topological polar surface area (TPSA) is 72.7 Å². The van der Waals surface area contributed by atoms with Crippen LogP contribution in [0.5, 0.6) is 0 Å². The van der Waals surface area contributed by atoms with Crippen molar-refractivity contribution in [1.29, 1.82) is 0 Å². The maximum absolute atomic E-state index is 13.9. The van der Waals surface area contributed by atoms with Gasteiger partial charge in [-0.3, -0.25) is 10.1 Å². The molecule has 108 valence electrons. The smallest absolute Gasteiger partial charge is 0.328 e. The molecule has 1 unspecified atom stereocenters. The summed E-state index contributed by atoms with van der Waals surface area (Å²) in [6, 6.07) is 0.515. The lowest BCUT2D eigenvalue weighted by atomic mass is 10.2. The maximum Gasteiger partial charge on any atom is 0.328 e. The second-order valence-electron chi connectivity index (χ2n) is 4.39. The van der Waals surface area contributed by atoms with Gasteiger partial charge in [-0.15, -0.1) is 0 Å². The molecule has 20 heavy (non-hydrogen) atoms. The summed E-state index contributed by atoms with van der Waals surface area (Å²) in [5.41, 5.74) is -1.10. The Morgan fingerprint density at radius 3 is 2.55 bits per heavy atom. The zero-order chi connectivity index (χ0) is 14.9. The van der Waals surface area contributed by atoms with Gasteiger partial charge in [0.2, 0.25) is 0 Å². The number of anilines is 1. The van der Waals surface area contributed by atoms with Crippen molar-refractivity contribution < 1.29 is 23.2 Å². The summed E-state index contributed by atoms with van der Waals surface area (Å²) in [6.45, 7) is 0.283. The number of hydrogen-bond donors (Lipinski definition) is 0. The molecule has 1 aromatic rings. The number of non-ortho nitro benzene ring substituents is 1. The zero-order valence-electron chi connectivity index (χ0n) is 10.6. The maximum atomic E-state index is 13.9. The number of ether oxygens (including phenoxy) is 1. The number of carbonyl (C=O) groups is 1. The van der Waals surface area contributed by atoms with Crippen LogP contribution < -0.4 is 4.90 Å². The minimum atomic E-state index is -1.06. The molecule has 1 atom stereocenters. The number of nitro benzene ring substituents is 1. The molecular weight excluding hydrogens is 274 g/mol. The summed E-state index contributed by atoms with van der Waals surface area (Å²) >= 11 is 0. The number of rotatable bonds is 3. The minimum Gasteiger partial charge on any atom is -0.467 e. The molecule has 1 aliphatic rings. The molecule has 1 heterocycles. The Bertz CT molecular complexity index is 541. The van der Waals surface area contributed by atoms with E-state index in [-0.39, 0.29) is 6.54 Å². The molecule has 0 saturated carbocycles. The van der Waals surface area contributed by atoms with E-state index in [1.807, 2.05) is 0 Å². The van der Waals surface area contributed by atoms with Gasteiger partial charge in [-0.1, -0.05) is 0 Å². The molecule has 1 aromatic carbocycles. The van der Waals surface area contributed by atoms with Crippen LogP contribution in [0, 0.1) is 21.7 Å². The monoisotopic (exact) mass is 286 g/mol. The van der Waals surface area contributed by atoms with Gasteiger partial charge < -0.3 is 9.64 Å². The van der Waals surface area contributed by atoms with E-state index in [1.165, 1.54) is 12.0 Å². The predicted octanol–water partition coefficient (Wildman–Crippen LogP) is 2.01. The fraction of sp³-hybridized carbons (Fsp3) is 0.417. The SMILES string of the molecule is COC(=O)C1CCCN1c1c(F)cc([N+](=O)[O-])cc1F. The predicted molar refractivity (Wildman–Crippen MR) is 65.4 cm³/mol. The van der Waals surface area contributed by atoms with Gasteiger partial charge in [-0.05, 0) is 12.8 Å². The number of methoxy groups -OCH3 is 1. The van der Waals surface area contributed by atoms with Gasteiger partial charge in [0.05, 0.1) is 24.2 Å². The van der Waals surface area contributed by atoms with Gasteiger partial charge in [-0.25, -0.2) is 13.6 Å². The average Bonchev–Trinajstić information content (AvgIpc) is 2.85. The van der Waals surface area contributed by atoms with Crippen molar-refractivity contribution in [2.45, 2.75) is 18.9 Å². The van der Waals surface area contributed by atoms with Crippen molar-refractivity contribution >= 4 is 17.3 Å². The normalized spacial score (nSPS) is 18.1. The van der Waals surface area contributed by atoms with Crippen molar-refractivity contribution in [2.24, 2.45) is 0 Å². The lowest BCUT2D eigenvalue weighted by molar-refractivity contribution is -0.385. The fourth-order valence-corrected chi connectivity index (χ4v) is 2.35. The molecule has 0 aliphatic carbocycles. The van der Waals surface area contributed by atoms with Crippen molar-refractivity contribution in [3.8, 4) is 0 Å². The van der Waals surface area contributed by atoms with E-state index in [2.05, 4.69) is 4.74 Å².